The number of rotatable bonds is 5. The Morgan fingerprint density at radius 1 is 1.15 bits per heavy atom. The zero-order chi connectivity index (χ0) is 19.9. The zero-order valence-electron chi connectivity index (χ0n) is 16.8. The summed E-state index contributed by atoms with van der Waals surface area (Å²) in [6.45, 7) is 10.6. The molecule has 2 amide bonds. The smallest absolute Gasteiger partial charge is 0.414 e. The molecule has 0 aromatic heterocycles. The SMILES string of the molecule is CC(C=CC1=C(C)CCCC1(C)C)=CC=CC(C)=CC(=O)N(C)C(=O)O. The average Bonchev–Trinajstić information content (AvgIpc) is 2.52. The summed E-state index contributed by atoms with van der Waals surface area (Å²) in [4.78, 5) is 23.1. The molecule has 0 heterocycles. The van der Waals surface area contributed by atoms with Crippen molar-refractivity contribution in [1.29, 1.82) is 0 Å². The fourth-order valence-corrected chi connectivity index (χ4v) is 3.07. The molecule has 0 aliphatic heterocycles. The average molecular weight is 357 g/mol. The number of likely N-dealkylation sites (N-methyl/N-ethyl adjacent to an activating group) is 1. The number of imide groups is 1. The first-order valence-corrected chi connectivity index (χ1v) is 8.97. The molecular formula is C22H31NO3. The van der Waals surface area contributed by atoms with Crippen molar-refractivity contribution in [2.45, 2.75) is 53.9 Å². The molecule has 4 nitrogen and oxygen atoms in total. The van der Waals surface area contributed by atoms with E-state index in [0.717, 1.165) is 5.57 Å². The molecule has 0 saturated carbocycles. The summed E-state index contributed by atoms with van der Waals surface area (Å²) in [5.41, 5.74) is 4.94. The summed E-state index contributed by atoms with van der Waals surface area (Å²) in [5.74, 6) is -0.554. The van der Waals surface area contributed by atoms with Gasteiger partial charge in [-0.2, -0.15) is 0 Å². The molecule has 0 bridgehead atoms. The van der Waals surface area contributed by atoms with E-state index in [0.29, 0.717) is 10.5 Å². The van der Waals surface area contributed by atoms with Crippen molar-refractivity contribution in [3.8, 4) is 0 Å². The van der Waals surface area contributed by atoms with Gasteiger partial charge in [0.15, 0.2) is 0 Å². The second-order valence-electron chi connectivity index (χ2n) is 7.60. The second-order valence-corrected chi connectivity index (χ2v) is 7.60. The molecule has 1 aliphatic carbocycles. The Balaban J connectivity index is 2.78. The van der Waals surface area contributed by atoms with Gasteiger partial charge in [-0.15, -0.1) is 0 Å². The summed E-state index contributed by atoms with van der Waals surface area (Å²) in [6.07, 6.45) is 13.7. The first-order valence-electron chi connectivity index (χ1n) is 8.97. The summed E-state index contributed by atoms with van der Waals surface area (Å²) in [5, 5.41) is 8.77. The Morgan fingerprint density at radius 3 is 2.38 bits per heavy atom. The predicted octanol–water partition coefficient (Wildman–Crippen LogP) is 5.65. The van der Waals surface area contributed by atoms with Crippen LogP contribution in [0.1, 0.15) is 53.9 Å². The Hall–Kier alpha value is -2.36. The first kappa shape index (κ1) is 21.7. The monoisotopic (exact) mass is 357 g/mol. The van der Waals surface area contributed by atoms with Gasteiger partial charge >= 0.3 is 6.09 Å². The molecule has 0 aromatic carbocycles. The van der Waals surface area contributed by atoms with Gasteiger partial charge in [0.1, 0.15) is 0 Å². The minimum Gasteiger partial charge on any atom is -0.465 e. The number of carbonyl (C=O) groups is 2. The quantitative estimate of drug-likeness (QED) is 0.510. The maximum Gasteiger partial charge on any atom is 0.414 e. The van der Waals surface area contributed by atoms with E-state index in [2.05, 4.69) is 32.9 Å². The van der Waals surface area contributed by atoms with Gasteiger partial charge in [-0.05, 0) is 56.6 Å². The lowest BCUT2D eigenvalue weighted by Crippen LogP contribution is -2.30. The van der Waals surface area contributed by atoms with Crippen LogP contribution < -0.4 is 0 Å². The fraction of sp³-hybridized carbons (Fsp3) is 0.455. The van der Waals surface area contributed by atoms with Crippen LogP contribution >= 0.6 is 0 Å². The molecule has 0 radical (unpaired) electrons. The number of hydrogen-bond donors (Lipinski definition) is 1. The molecule has 1 N–H and O–H groups in total. The highest BCUT2D eigenvalue weighted by Gasteiger charge is 2.26. The normalized spacial score (nSPS) is 18.7. The molecule has 0 saturated heterocycles. The largest absolute Gasteiger partial charge is 0.465 e. The lowest BCUT2D eigenvalue weighted by molar-refractivity contribution is -0.123. The minimum atomic E-state index is -1.26. The molecule has 142 valence electrons. The van der Waals surface area contributed by atoms with E-state index < -0.39 is 12.0 Å². The van der Waals surface area contributed by atoms with E-state index in [1.54, 1.807) is 13.0 Å². The highest BCUT2D eigenvalue weighted by atomic mass is 16.4. The summed E-state index contributed by atoms with van der Waals surface area (Å²) < 4.78 is 0. The van der Waals surface area contributed by atoms with Gasteiger partial charge in [0.25, 0.3) is 5.91 Å². The summed E-state index contributed by atoms with van der Waals surface area (Å²) in [6, 6.07) is 0. The number of hydrogen-bond acceptors (Lipinski definition) is 2. The van der Waals surface area contributed by atoms with Crippen molar-refractivity contribution in [3.63, 3.8) is 0 Å². The van der Waals surface area contributed by atoms with Crippen LogP contribution in [0.3, 0.4) is 0 Å². The third kappa shape index (κ3) is 6.51. The standard InChI is InChI=1S/C22H31NO3/c1-16(12-13-19-18(3)11-8-14-22(19,4)5)9-7-10-17(2)15-20(24)23(6)21(25)26/h7,9-10,12-13,15H,8,11,14H2,1-6H3,(H,25,26). The predicted molar refractivity (Wildman–Crippen MR) is 107 cm³/mol. The van der Waals surface area contributed by atoms with Crippen LogP contribution in [0, 0.1) is 5.41 Å². The van der Waals surface area contributed by atoms with E-state index in [1.165, 1.54) is 43.5 Å². The van der Waals surface area contributed by atoms with Crippen LogP contribution in [0.15, 0.2) is 58.7 Å². The maximum absolute atomic E-state index is 11.7. The van der Waals surface area contributed by atoms with E-state index in [1.807, 2.05) is 19.1 Å². The molecule has 4 heteroatoms. The van der Waals surface area contributed by atoms with Gasteiger partial charge in [-0.1, -0.05) is 55.4 Å². The van der Waals surface area contributed by atoms with Gasteiger partial charge < -0.3 is 5.11 Å². The van der Waals surface area contributed by atoms with Crippen LogP contribution in [0.2, 0.25) is 0 Å². The Kier molecular flexibility index (Phi) is 7.81. The summed E-state index contributed by atoms with van der Waals surface area (Å²) >= 11 is 0. The van der Waals surface area contributed by atoms with Crippen LogP contribution in [-0.2, 0) is 4.79 Å². The molecule has 0 unspecified atom stereocenters. The highest BCUT2D eigenvalue weighted by molar-refractivity contribution is 5.98. The first-order chi connectivity index (χ1) is 12.0. The van der Waals surface area contributed by atoms with E-state index in [4.69, 9.17) is 5.11 Å². The minimum absolute atomic E-state index is 0.227. The Bertz CT molecular complexity index is 703. The lowest BCUT2D eigenvalue weighted by atomic mass is 9.72. The van der Waals surface area contributed by atoms with Crippen molar-refractivity contribution < 1.29 is 14.7 Å². The van der Waals surface area contributed by atoms with E-state index in [9.17, 15) is 9.59 Å². The molecule has 0 aromatic rings. The number of allylic oxidation sites excluding steroid dienone is 9. The Morgan fingerprint density at radius 2 is 1.81 bits per heavy atom. The zero-order valence-corrected chi connectivity index (χ0v) is 16.8. The van der Waals surface area contributed by atoms with Gasteiger partial charge in [-0.3, -0.25) is 4.79 Å². The fourth-order valence-electron chi connectivity index (χ4n) is 3.07. The van der Waals surface area contributed by atoms with Crippen molar-refractivity contribution in [2.24, 2.45) is 5.41 Å². The second kappa shape index (κ2) is 9.37. The summed E-state index contributed by atoms with van der Waals surface area (Å²) in [7, 11) is 1.23. The van der Waals surface area contributed by atoms with Crippen LogP contribution in [0.4, 0.5) is 4.79 Å². The molecule has 1 rings (SSSR count). The van der Waals surface area contributed by atoms with Crippen molar-refractivity contribution in [2.75, 3.05) is 7.05 Å². The van der Waals surface area contributed by atoms with Gasteiger partial charge in [0, 0.05) is 13.1 Å². The van der Waals surface area contributed by atoms with Crippen LogP contribution in [-0.4, -0.2) is 29.1 Å². The van der Waals surface area contributed by atoms with Crippen LogP contribution in [0.5, 0.6) is 0 Å². The van der Waals surface area contributed by atoms with E-state index in [-0.39, 0.29) is 5.41 Å². The van der Waals surface area contributed by atoms with Crippen molar-refractivity contribution >= 4 is 12.0 Å². The number of nitrogens with zero attached hydrogens (tertiary/aromatic N) is 1. The molecule has 0 fully saturated rings. The highest BCUT2D eigenvalue weighted by Crippen LogP contribution is 2.40. The maximum atomic E-state index is 11.7. The van der Waals surface area contributed by atoms with E-state index >= 15 is 0 Å². The number of amides is 2. The molecule has 0 atom stereocenters. The third-order valence-corrected chi connectivity index (χ3v) is 4.74. The van der Waals surface area contributed by atoms with Gasteiger partial charge in [-0.25, -0.2) is 9.69 Å². The number of carbonyl (C=O) groups excluding carboxylic acids is 1. The van der Waals surface area contributed by atoms with Gasteiger partial charge in [0.05, 0.1) is 0 Å². The molecule has 0 spiro atoms. The van der Waals surface area contributed by atoms with Crippen molar-refractivity contribution in [3.05, 3.63) is 58.7 Å². The number of carboxylic acid groups (broad SMARTS) is 1. The molecular weight excluding hydrogens is 326 g/mol. The molecule has 1 aliphatic rings. The Labute approximate surface area is 157 Å². The molecule has 26 heavy (non-hydrogen) atoms. The lowest BCUT2D eigenvalue weighted by Gasteiger charge is -2.32. The third-order valence-electron chi connectivity index (χ3n) is 4.74. The topological polar surface area (TPSA) is 57.6 Å². The van der Waals surface area contributed by atoms with Crippen molar-refractivity contribution in [1.82, 2.24) is 4.90 Å². The van der Waals surface area contributed by atoms with Crippen LogP contribution in [0.25, 0.3) is 0 Å². The van der Waals surface area contributed by atoms with Gasteiger partial charge in [0.2, 0.25) is 0 Å².